The summed E-state index contributed by atoms with van der Waals surface area (Å²) < 4.78 is 1.61. The monoisotopic (exact) mass is 210 g/mol. The molecule has 2 rings (SSSR count). The van der Waals surface area contributed by atoms with Crippen LogP contribution in [0.5, 0.6) is 0 Å². The molecule has 1 aromatic rings. The van der Waals surface area contributed by atoms with Crippen molar-refractivity contribution in [2.45, 2.75) is 25.4 Å². The summed E-state index contributed by atoms with van der Waals surface area (Å²) in [6.07, 6.45) is 2.09. The lowest BCUT2D eigenvalue weighted by Crippen LogP contribution is -2.32. The molecule has 5 heteroatoms. The number of carboxylic acids is 1. The summed E-state index contributed by atoms with van der Waals surface area (Å²) >= 11 is 0. The predicted molar refractivity (Wildman–Crippen MR) is 52.2 cm³/mol. The lowest BCUT2D eigenvalue weighted by Gasteiger charge is -2.26. The highest BCUT2D eigenvalue weighted by molar-refractivity contribution is 5.69. The van der Waals surface area contributed by atoms with E-state index in [9.17, 15) is 9.90 Å². The largest absolute Gasteiger partial charge is 0.481 e. The summed E-state index contributed by atoms with van der Waals surface area (Å²) in [6.45, 7) is 1.85. The molecule has 2 N–H and O–H groups in total. The van der Waals surface area contributed by atoms with Gasteiger partial charge in [0.25, 0.3) is 0 Å². The van der Waals surface area contributed by atoms with E-state index >= 15 is 0 Å². The molecule has 82 valence electrons. The maximum atomic E-state index is 10.7. The third-order valence-electron chi connectivity index (χ3n) is 3.11. The van der Waals surface area contributed by atoms with Crippen LogP contribution in [0, 0.1) is 5.92 Å². The molecule has 5 nitrogen and oxygen atoms in total. The standard InChI is InChI=1S/C10H14N2O3/c1-6-3-8-7(5-12(2)11-8)10(6,15)4-9(13)14/h5-6,15H,3-4H2,1-2H3,(H,13,14). The van der Waals surface area contributed by atoms with Gasteiger partial charge in [-0.05, 0) is 12.3 Å². The van der Waals surface area contributed by atoms with Crippen LogP contribution in [0.4, 0.5) is 0 Å². The van der Waals surface area contributed by atoms with Crippen molar-refractivity contribution in [1.29, 1.82) is 0 Å². The molecule has 1 aromatic heterocycles. The molecular weight excluding hydrogens is 196 g/mol. The Morgan fingerprint density at radius 3 is 3.07 bits per heavy atom. The molecule has 15 heavy (non-hydrogen) atoms. The van der Waals surface area contributed by atoms with E-state index in [0.717, 1.165) is 5.69 Å². The van der Waals surface area contributed by atoms with Crippen LogP contribution in [0.3, 0.4) is 0 Å². The first kappa shape index (κ1) is 10.2. The molecule has 0 aromatic carbocycles. The Balaban J connectivity index is 2.42. The Morgan fingerprint density at radius 2 is 2.47 bits per heavy atom. The number of hydrogen-bond acceptors (Lipinski definition) is 3. The second kappa shape index (κ2) is 3.06. The van der Waals surface area contributed by atoms with E-state index in [-0.39, 0.29) is 12.3 Å². The molecule has 1 aliphatic carbocycles. The number of fused-ring (bicyclic) bond motifs is 1. The second-order valence-electron chi connectivity index (χ2n) is 4.26. The van der Waals surface area contributed by atoms with Gasteiger partial charge < -0.3 is 10.2 Å². The number of nitrogens with zero attached hydrogens (tertiary/aromatic N) is 2. The summed E-state index contributed by atoms with van der Waals surface area (Å²) in [5.74, 6) is -1.08. The van der Waals surface area contributed by atoms with Crippen LogP contribution in [0.25, 0.3) is 0 Å². The first-order chi connectivity index (χ1) is 6.93. The summed E-state index contributed by atoms with van der Waals surface area (Å²) in [7, 11) is 1.77. The minimum absolute atomic E-state index is 0.0905. The Morgan fingerprint density at radius 1 is 1.80 bits per heavy atom. The Kier molecular flexibility index (Phi) is 2.08. The highest BCUT2D eigenvalue weighted by Crippen LogP contribution is 2.42. The number of hydrogen-bond donors (Lipinski definition) is 2. The second-order valence-corrected chi connectivity index (χ2v) is 4.26. The highest BCUT2D eigenvalue weighted by Gasteiger charge is 2.46. The summed E-state index contributed by atoms with van der Waals surface area (Å²) in [5.41, 5.74) is 0.226. The van der Waals surface area contributed by atoms with Crippen molar-refractivity contribution in [1.82, 2.24) is 9.78 Å². The van der Waals surface area contributed by atoms with Gasteiger partial charge in [0.15, 0.2) is 0 Å². The van der Waals surface area contributed by atoms with Crippen molar-refractivity contribution in [2.24, 2.45) is 13.0 Å². The Hall–Kier alpha value is -1.36. The lowest BCUT2D eigenvalue weighted by atomic mass is 9.86. The Bertz CT molecular complexity index is 413. The molecule has 2 atom stereocenters. The van der Waals surface area contributed by atoms with Crippen molar-refractivity contribution < 1.29 is 15.0 Å². The van der Waals surface area contributed by atoms with E-state index in [1.54, 1.807) is 17.9 Å². The minimum Gasteiger partial charge on any atom is -0.481 e. The molecule has 0 bridgehead atoms. The molecule has 0 saturated heterocycles. The van der Waals surface area contributed by atoms with Crippen LogP contribution in [-0.2, 0) is 23.9 Å². The van der Waals surface area contributed by atoms with Gasteiger partial charge in [-0.15, -0.1) is 0 Å². The van der Waals surface area contributed by atoms with Crippen molar-refractivity contribution >= 4 is 5.97 Å². The molecule has 1 aliphatic rings. The molecule has 1 heterocycles. The van der Waals surface area contributed by atoms with Crippen molar-refractivity contribution in [3.05, 3.63) is 17.5 Å². The zero-order chi connectivity index (χ0) is 11.2. The van der Waals surface area contributed by atoms with E-state index in [1.165, 1.54) is 0 Å². The zero-order valence-electron chi connectivity index (χ0n) is 8.77. The molecule has 0 saturated carbocycles. The number of aromatic nitrogens is 2. The third-order valence-corrected chi connectivity index (χ3v) is 3.11. The SMILES string of the molecule is CC1Cc2nn(C)cc2C1(O)CC(=O)O. The molecule has 0 spiro atoms. The quantitative estimate of drug-likeness (QED) is 0.735. The van der Waals surface area contributed by atoms with Gasteiger partial charge in [-0.1, -0.05) is 6.92 Å². The lowest BCUT2D eigenvalue weighted by molar-refractivity contribution is -0.144. The minimum atomic E-state index is -1.25. The summed E-state index contributed by atoms with van der Waals surface area (Å²) in [6, 6.07) is 0. The number of aliphatic carboxylic acids is 1. The fraction of sp³-hybridized carbons (Fsp3) is 0.600. The summed E-state index contributed by atoms with van der Waals surface area (Å²) in [5, 5.41) is 23.4. The fourth-order valence-electron chi connectivity index (χ4n) is 2.27. The van der Waals surface area contributed by atoms with Crippen molar-refractivity contribution in [3.63, 3.8) is 0 Å². The molecule has 2 unspecified atom stereocenters. The van der Waals surface area contributed by atoms with Gasteiger partial charge in [-0.3, -0.25) is 9.48 Å². The number of carbonyl (C=O) groups is 1. The number of carboxylic acid groups (broad SMARTS) is 1. The van der Waals surface area contributed by atoms with E-state index in [1.807, 2.05) is 6.92 Å². The first-order valence-corrected chi connectivity index (χ1v) is 4.90. The van der Waals surface area contributed by atoms with Gasteiger partial charge in [0.2, 0.25) is 0 Å². The molecular formula is C10H14N2O3. The van der Waals surface area contributed by atoms with Crippen LogP contribution in [-0.4, -0.2) is 26.0 Å². The van der Waals surface area contributed by atoms with E-state index < -0.39 is 11.6 Å². The molecule has 0 fully saturated rings. The number of aryl methyl sites for hydroxylation is 1. The van der Waals surface area contributed by atoms with E-state index in [0.29, 0.717) is 12.0 Å². The number of rotatable bonds is 2. The van der Waals surface area contributed by atoms with E-state index in [4.69, 9.17) is 5.11 Å². The Labute approximate surface area is 87.3 Å². The topological polar surface area (TPSA) is 75.3 Å². The van der Waals surface area contributed by atoms with Gasteiger partial charge in [-0.25, -0.2) is 0 Å². The zero-order valence-corrected chi connectivity index (χ0v) is 8.77. The molecule has 0 aliphatic heterocycles. The van der Waals surface area contributed by atoms with Crippen LogP contribution >= 0.6 is 0 Å². The predicted octanol–water partition coefficient (Wildman–Crippen LogP) is 0.275. The maximum Gasteiger partial charge on any atom is 0.306 e. The van der Waals surface area contributed by atoms with Gasteiger partial charge in [0, 0.05) is 18.8 Å². The van der Waals surface area contributed by atoms with Crippen LogP contribution in [0.2, 0.25) is 0 Å². The average molecular weight is 210 g/mol. The maximum absolute atomic E-state index is 10.7. The third kappa shape index (κ3) is 1.43. The normalized spacial score (nSPS) is 29.1. The van der Waals surface area contributed by atoms with Gasteiger partial charge >= 0.3 is 5.97 Å². The van der Waals surface area contributed by atoms with Crippen LogP contribution in [0.15, 0.2) is 6.20 Å². The summed E-state index contributed by atoms with van der Waals surface area (Å²) in [4.78, 5) is 10.7. The smallest absolute Gasteiger partial charge is 0.306 e. The van der Waals surface area contributed by atoms with E-state index in [2.05, 4.69) is 5.10 Å². The van der Waals surface area contributed by atoms with Gasteiger partial charge in [0.05, 0.1) is 12.1 Å². The van der Waals surface area contributed by atoms with Crippen molar-refractivity contribution in [2.75, 3.05) is 0 Å². The fourth-order valence-corrected chi connectivity index (χ4v) is 2.27. The van der Waals surface area contributed by atoms with Crippen molar-refractivity contribution in [3.8, 4) is 0 Å². The van der Waals surface area contributed by atoms with Gasteiger partial charge in [-0.2, -0.15) is 5.10 Å². The average Bonchev–Trinajstić information content (AvgIpc) is 2.53. The first-order valence-electron chi connectivity index (χ1n) is 4.90. The van der Waals surface area contributed by atoms with Gasteiger partial charge in [0.1, 0.15) is 5.60 Å². The van der Waals surface area contributed by atoms with Crippen LogP contribution in [0.1, 0.15) is 24.6 Å². The molecule has 0 radical (unpaired) electrons. The highest BCUT2D eigenvalue weighted by atomic mass is 16.4. The molecule has 0 amide bonds. The van der Waals surface area contributed by atoms with Crippen LogP contribution < -0.4 is 0 Å². The number of aliphatic hydroxyl groups is 1.